The van der Waals surface area contributed by atoms with Crippen molar-refractivity contribution in [2.75, 3.05) is 0 Å². The van der Waals surface area contributed by atoms with Gasteiger partial charge in [0.2, 0.25) is 0 Å². The molecule has 0 unspecified atom stereocenters. The van der Waals surface area contributed by atoms with E-state index in [4.69, 9.17) is 5.70 Å². The van der Waals surface area contributed by atoms with Crippen LogP contribution in [0.5, 0.6) is 0 Å². The Morgan fingerprint density at radius 2 is 1.75 bits per heavy atom. The van der Waals surface area contributed by atoms with E-state index in [-0.39, 0.29) is 49.7 Å². The molecule has 0 amide bonds. The van der Waals surface area contributed by atoms with E-state index in [2.05, 4.69) is 18.6 Å². The van der Waals surface area contributed by atoms with Crippen LogP contribution in [-0.2, 0) is 32.7 Å². The second kappa shape index (κ2) is 9.16. The van der Waals surface area contributed by atoms with Gasteiger partial charge < -0.3 is 0 Å². The van der Waals surface area contributed by atoms with Crippen molar-refractivity contribution >= 4 is 41.3 Å². The molecule has 0 atom stereocenters. The Balaban J connectivity index is 0. The normalized spacial score (nSPS) is 5.25. The summed E-state index contributed by atoms with van der Waals surface area (Å²) in [6, 6.07) is 0. The Morgan fingerprint density at radius 1 is 1.75 bits per heavy atom. The van der Waals surface area contributed by atoms with Crippen LogP contribution in [0.3, 0.4) is 0 Å². The van der Waals surface area contributed by atoms with E-state index in [9.17, 15) is 0 Å². The molecule has 0 rings (SSSR count). The zero-order valence-electron chi connectivity index (χ0n) is 1.94. The van der Waals surface area contributed by atoms with Gasteiger partial charge in [-0.2, -0.15) is 0 Å². The monoisotopic (exact) mass is 355 g/mol. The van der Waals surface area contributed by atoms with E-state index < -0.39 is 0 Å². The number of hydrogen-bond donors (Lipinski definition) is 0. The SMILES string of the molecule is [B][IH]I.[Y]. The summed E-state index contributed by atoms with van der Waals surface area (Å²) >= 11 is 2.14. The fourth-order valence-electron chi connectivity index (χ4n) is 0. The fraction of sp³-hybridized carbons (Fsp3) is 0. The second-order valence-electron chi connectivity index (χ2n) is 0.0891. The Morgan fingerprint density at radius 3 is 1.75 bits per heavy atom. The van der Waals surface area contributed by atoms with Crippen LogP contribution in [-0.4, -0.2) is 5.70 Å². The van der Waals surface area contributed by atoms with E-state index >= 15 is 0 Å². The Labute approximate surface area is 72.3 Å². The predicted molar refractivity (Wildman–Crippen MR) is 35.2 cm³/mol. The average molecular weight is 355 g/mol. The molecule has 0 saturated carbocycles. The zero-order chi connectivity index (χ0) is 2.71. The smallest absolute Gasteiger partial charge is 0 e. The Bertz CT molecular complexity index is 6.00. The number of hydrogen-bond acceptors (Lipinski definition) is 0. The third kappa shape index (κ3) is 8.82. The maximum absolute atomic E-state index is 4.96. The van der Waals surface area contributed by atoms with Gasteiger partial charge >= 0.3 is 41.3 Å². The molecule has 0 saturated heterocycles. The minimum atomic E-state index is -0.0600. The molecule has 0 aromatic carbocycles. The molecule has 0 heterocycles. The fourth-order valence-corrected chi connectivity index (χ4v) is 0. The van der Waals surface area contributed by atoms with E-state index in [1.165, 1.54) is 0 Å². The summed E-state index contributed by atoms with van der Waals surface area (Å²) in [5, 5.41) is 0. The van der Waals surface area contributed by atoms with Gasteiger partial charge in [0, 0.05) is 32.7 Å². The van der Waals surface area contributed by atoms with Crippen LogP contribution in [0.1, 0.15) is 0 Å². The summed E-state index contributed by atoms with van der Waals surface area (Å²) in [5.41, 5.74) is 4.96. The quantitative estimate of drug-likeness (QED) is 0.452. The molecule has 3 radical (unpaired) electrons. The standard InChI is InChI=1S/BHI2.Y/c1-3-2;/h3H;. The van der Waals surface area contributed by atoms with Crippen molar-refractivity contribution in [3.63, 3.8) is 0 Å². The molecule has 0 aliphatic rings. The maximum atomic E-state index is 4.96. The first-order valence-corrected chi connectivity index (χ1v) is 8.52. The van der Waals surface area contributed by atoms with Gasteiger partial charge in [0.1, 0.15) is 0 Å². The molecular formula is HBI2Y. The van der Waals surface area contributed by atoms with Gasteiger partial charge in [-0.15, -0.1) is 0 Å². The molecular weight excluding hydrogens is 354 g/mol. The van der Waals surface area contributed by atoms with Crippen LogP contribution >= 0.6 is 35.6 Å². The van der Waals surface area contributed by atoms with Crippen molar-refractivity contribution < 1.29 is 32.7 Å². The molecule has 0 fully saturated rings. The molecule has 0 N–H and O–H groups in total. The van der Waals surface area contributed by atoms with E-state index in [0.29, 0.717) is 0 Å². The van der Waals surface area contributed by atoms with Crippen LogP contribution in [0.4, 0.5) is 0 Å². The number of halogens is 2. The summed E-state index contributed by atoms with van der Waals surface area (Å²) in [6.07, 6.45) is 0. The molecule has 4 heteroatoms. The Hall–Kier alpha value is 2.63. The average Bonchev–Trinajstić information content (AvgIpc) is 0.918. The second-order valence-corrected chi connectivity index (χ2v) is 4.01. The van der Waals surface area contributed by atoms with Crippen LogP contribution in [0.15, 0.2) is 0 Å². The van der Waals surface area contributed by atoms with Crippen molar-refractivity contribution in [1.82, 2.24) is 0 Å². The topological polar surface area (TPSA) is 0 Å². The van der Waals surface area contributed by atoms with E-state index in [1.807, 2.05) is 0 Å². The molecule has 4 heavy (non-hydrogen) atoms. The minimum Gasteiger partial charge on any atom is 0 e. The van der Waals surface area contributed by atoms with Crippen molar-refractivity contribution in [3.05, 3.63) is 0 Å². The molecule has 0 aliphatic heterocycles. The maximum Gasteiger partial charge on any atom is 0 e. The van der Waals surface area contributed by atoms with Crippen LogP contribution in [0.25, 0.3) is 0 Å². The largest absolute Gasteiger partial charge is 0 e. The summed E-state index contributed by atoms with van der Waals surface area (Å²) in [6.45, 7) is 0. The van der Waals surface area contributed by atoms with Gasteiger partial charge in [0.25, 0.3) is 0 Å². The zero-order valence-corrected chi connectivity index (χ0v) is 9.27. The van der Waals surface area contributed by atoms with Crippen LogP contribution in [0.2, 0.25) is 0 Å². The van der Waals surface area contributed by atoms with Gasteiger partial charge in [-0.25, -0.2) is 0 Å². The summed E-state index contributed by atoms with van der Waals surface area (Å²) in [4.78, 5) is 0. The Kier molecular flexibility index (Phi) is 22.4. The van der Waals surface area contributed by atoms with Gasteiger partial charge in [0.05, 0.1) is 0 Å². The molecule has 21 valence electrons. The third-order valence-electron chi connectivity index (χ3n) is 0. The van der Waals surface area contributed by atoms with Gasteiger partial charge in [-0.1, -0.05) is 0 Å². The van der Waals surface area contributed by atoms with Crippen molar-refractivity contribution in [2.24, 2.45) is 0 Å². The molecule has 0 bridgehead atoms. The van der Waals surface area contributed by atoms with E-state index in [1.54, 1.807) is 0 Å². The molecule has 0 aromatic heterocycles. The predicted octanol–water partition coefficient (Wildman–Crippen LogP) is 1.12. The van der Waals surface area contributed by atoms with Gasteiger partial charge in [-0.3, -0.25) is 0 Å². The first-order chi connectivity index (χ1) is 1.41. The van der Waals surface area contributed by atoms with Crippen molar-refractivity contribution in [2.45, 2.75) is 0 Å². The third-order valence-corrected chi connectivity index (χ3v) is 0. The van der Waals surface area contributed by atoms with Gasteiger partial charge in [0.15, 0.2) is 0 Å². The molecule has 0 aromatic rings. The first kappa shape index (κ1) is 9.80. The summed E-state index contributed by atoms with van der Waals surface area (Å²) in [7, 11) is 0. The molecule has 0 spiro atoms. The molecule has 0 nitrogen and oxygen atoms in total. The van der Waals surface area contributed by atoms with Gasteiger partial charge in [-0.05, 0) is 0 Å². The van der Waals surface area contributed by atoms with Crippen LogP contribution < -0.4 is 0 Å². The minimum absolute atomic E-state index is 0. The van der Waals surface area contributed by atoms with Crippen molar-refractivity contribution in [3.8, 4) is 0 Å². The molecule has 0 aliphatic carbocycles. The summed E-state index contributed by atoms with van der Waals surface area (Å²) in [5.74, 6) is 0. The number of rotatable bonds is 0. The van der Waals surface area contributed by atoms with Crippen LogP contribution in [0, 0.1) is 0 Å². The van der Waals surface area contributed by atoms with Crippen molar-refractivity contribution in [1.29, 1.82) is 0 Å². The summed E-state index contributed by atoms with van der Waals surface area (Å²) < 4.78 is 0. The van der Waals surface area contributed by atoms with E-state index in [0.717, 1.165) is 0 Å². The first-order valence-electron chi connectivity index (χ1n) is 0.390.